The van der Waals surface area contributed by atoms with E-state index in [1.165, 1.54) is 27.6 Å². The summed E-state index contributed by atoms with van der Waals surface area (Å²) in [6.07, 6.45) is 11.9. The number of hydrogen-bond acceptors (Lipinski definition) is 2. The SMILES string of the molecule is C=C1CC[C@H]2[C@](C)(CCC=C(C)C)[C@@H](OC(C)=O)CC[C@]2(C)[C@@H]1Cc1c[nH]c2ccccc12. The maximum Gasteiger partial charge on any atom is 0.302 e. The molecule has 0 amide bonds. The number of nitrogens with one attached hydrogen (secondary N) is 1. The standard InChI is InChI=1S/C30H41NO2/c1-20(2)10-9-16-30(6)27-14-13-21(3)25(29(27,5)17-15-28(30)33-22(4)32)18-23-19-31-26-12-8-7-11-24(23)26/h7-8,10-12,19,25,27-28,31H,3,9,13-18H2,1-2,4-6H3/t25-,27-,28+,29-,30+/m1/s1. The van der Waals surface area contributed by atoms with Crippen molar-refractivity contribution >= 4 is 16.9 Å². The van der Waals surface area contributed by atoms with E-state index < -0.39 is 0 Å². The number of carbonyl (C=O) groups excluding carboxylic acids is 1. The molecular formula is C30H41NO2. The highest BCUT2D eigenvalue weighted by Crippen LogP contribution is 2.63. The lowest BCUT2D eigenvalue weighted by molar-refractivity contribution is -0.178. The molecule has 2 aliphatic carbocycles. The van der Waals surface area contributed by atoms with Crippen LogP contribution in [0, 0.1) is 22.7 Å². The van der Waals surface area contributed by atoms with Gasteiger partial charge in [-0.3, -0.25) is 4.79 Å². The Hall–Kier alpha value is -2.29. The fraction of sp³-hybridized carbons (Fsp3) is 0.567. The molecular weight excluding hydrogens is 406 g/mol. The van der Waals surface area contributed by atoms with Gasteiger partial charge < -0.3 is 9.72 Å². The van der Waals surface area contributed by atoms with Gasteiger partial charge in [0.05, 0.1) is 0 Å². The van der Waals surface area contributed by atoms with Gasteiger partial charge in [0.25, 0.3) is 0 Å². The van der Waals surface area contributed by atoms with E-state index in [1.54, 1.807) is 6.92 Å². The molecule has 1 aromatic heterocycles. The van der Waals surface area contributed by atoms with Gasteiger partial charge in [-0.1, -0.05) is 55.8 Å². The summed E-state index contributed by atoms with van der Waals surface area (Å²) < 4.78 is 6.00. The zero-order valence-electron chi connectivity index (χ0n) is 21.2. The summed E-state index contributed by atoms with van der Waals surface area (Å²) in [5, 5.41) is 1.33. The van der Waals surface area contributed by atoms with Crippen LogP contribution in [0.2, 0.25) is 0 Å². The molecule has 0 bridgehead atoms. The van der Waals surface area contributed by atoms with Crippen LogP contribution in [-0.2, 0) is 16.0 Å². The summed E-state index contributed by atoms with van der Waals surface area (Å²) >= 11 is 0. The topological polar surface area (TPSA) is 42.1 Å². The van der Waals surface area contributed by atoms with Crippen LogP contribution >= 0.6 is 0 Å². The van der Waals surface area contributed by atoms with E-state index in [4.69, 9.17) is 4.74 Å². The van der Waals surface area contributed by atoms with Crippen molar-refractivity contribution in [3.05, 3.63) is 59.8 Å². The minimum Gasteiger partial charge on any atom is -0.462 e. The Balaban J connectivity index is 1.68. The average molecular weight is 448 g/mol. The lowest BCUT2D eigenvalue weighted by atomic mass is 9.45. The lowest BCUT2D eigenvalue weighted by Gasteiger charge is -2.61. The smallest absolute Gasteiger partial charge is 0.302 e. The molecule has 4 rings (SSSR count). The Labute approximate surface area is 199 Å². The van der Waals surface area contributed by atoms with Crippen molar-refractivity contribution in [3.63, 3.8) is 0 Å². The highest BCUT2D eigenvalue weighted by atomic mass is 16.5. The number of esters is 1. The Morgan fingerprint density at radius 1 is 1.21 bits per heavy atom. The highest BCUT2D eigenvalue weighted by molar-refractivity contribution is 5.83. The molecule has 2 saturated carbocycles. The van der Waals surface area contributed by atoms with Crippen LogP contribution in [0.3, 0.4) is 0 Å². The highest BCUT2D eigenvalue weighted by Gasteiger charge is 2.58. The van der Waals surface area contributed by atoms with Crippen molar-refractivity contribution in [1.29, 1.82) is 0 Å². The first kappa shape index (κ1) is 23.9. The number of rotatable bonds is 6. The predicted octanol–water partition coefficient (Wildman–Crippen LogP) is 7.78. The maximum atomic E-state index is 12.0. The van der Waals surface area contributed by atoms with Gasteiger partial charge in [-0.15, -0.1) is 0 Å². The summed E-state index contributed by atoms with van der Waals surface area (Å²) in [6, 6.07) is 8.61. The molecule has 178 valence electrons. The van der Waals surface area contributed by atoms with Gasteiger partial charge in [0.15, 0.2) is 0 Å². The summed E-state index contributed by atoms with van der Waals surface area (Å²) in [7, 11) is 0. The minimum atomic E-state index is -0.146. The minimum absolute atomic E-state index is 0.00117. The number of aromatic nitrogens is 1. The molecule has 33 heavy (non-hydrogen) atoms. The number of hydrogen-bond donors (Lipinski definition) is 1. The lowest BCUT2D eigenvalue weighted by Crippen LogP contribution is -2.57. The van der Waals surface area contributed by atoms with Crippen molar-refractivity contribution in [2.45, 2.75) is 85.7 Å². The Bertz CT molecular complexity index is 1060. The normalized spacial score (nSPS) is 31.8. The van der Waals surface area contributed by atoms with Crippen LogP contribution in [0.4, 0.5) is 0 Å². The van der Waals surface area contributed by atoms with Crippen LogP contribution in [0.1, 0.15) is 78.7 Å². The van der Waals surface area contributed by atoms with Gasteiger partial charge >= 0.3 is 5.97 Å². The first-order valence-corrected chi connectivity index (χ1v) is 12.7. The third-order valence-electron chi connectivity index (χ3n) is 8.96. The monoisotopic (exact) mass is 447 g/mol. The number of H-pyrrole nitrogens is 1. The van der Waals surface area contributed by atoms with E-state index in [1.807, 2.05) is 0 Å². The molecule has 5 atom stereocenters. The maximum absolute atomic E-state index is 12.0. The second-order valence-electron chi connectivity index (χ2n) is 11.3. The second-order valence-corrected chi connectivity index (χ2v) is 11.3. The summed E-state index contributed by atoms with van der Waals surface area (Å²) in [6.45, 7) is 15.4. The summed E-state index contributed by atoms with van der Waals surface area (Å²) in [4.78, 5) is 15.5. The van der Waals surface area contributed by atoms with E-state index in [2.05, 4.69) is 75.8 Å². The van der Waals surface area contributed by atoms with Crippen molar-refractivity contribution < 1.29 is 9.53 Å². The molecule has 0 unspecified atom stereocenters. The first-order chi connectivity index (χ1) is 15.6. The number of para-hydroxylation sites is 1. The summed E-state index contributed by atoms with van der Waals surface area (Å²) in [5.74, 6) is 0.804. The molecule has 0 saturated heterocycles. The molecule has 1 heterocycles. The van der Waals surface area contributed by atoms with E-state index in [-0.39, 0.29) is 22.9 Å². The van der Waals surface area contributed by atoms with Crippen molar-refractivity contribution in [1.82, 2.24) is 4.98 Å². The van der Waals surface area contributed by atoms with Crippen LogP contribution in [0.5, 0.6) is 0 Å². The van der Waals surface area contributed by atoms with Crippen LogP contribution in [-0.4, -0.2) is 17.1 Å². The average Bonchev–Trinajstić information content (AvgIpc) is 3.16. The third kappa shape index (κ3) is 4.44. The zero-order valence-corrected chi connectivity index (χ0v) is 21.2. The molecule has 2 fully saturated rings. The van der Waals surface area contributed by atoms with Crippen molar-refractivity contribution in [3.8, 4) is 0 Å². The van der Waals surface area contributed by atoms with E-state index in [0.717, 1.165) is 44.9 Å². The van der Waals surface area contributed by atoms with Crippen LogP contribution in [0.15, 0.2) is 54.3 Å². The molecule has 1 N–H and O–H groups in total. The number of benzene rings is 1. The van der Waals surface area contributed by atoms with Crippen molar-refractivity contribution in [2.24, 2.45) is 22.7 Å². The van der Waals surface area contributed by atoms with E-state index in [9.17, 15) is 4.79 Å². The summed E-state index contributed by atoms with van der Waals surface area (Å²) in [5.41, 5.74) is 5.49. The van der Waals surface area contributed by atoms with Gasteiger partial charge in [0.2, 0.25) is 0 Å². The van der Waals surface area contributed by atoms with E-state index >= 15 is 0 Å². The number of allylic oxidation sites excluding steroid dienone is 3. The van der Waals surface area contributed by atoms with Crippen LogP contribution < -0.4 is 0 Å². The van der Waals surface area contributed by atoms with Gasteiger partial charge in [0.1, 0.15) is 6.10 Å². The second kappa shape index (κ2) is 9.16. The molecule has 0 spiro atoms. The molecule has 3 nitrogen and oxygen atoms in total. The van der Waals surface area contributed by atoms with Gasteiger partial charge in [-0.2, -0.15) is 0 Å². The Kier molecular flexibility index (Phi) is 6.62. The molecule has 0 radical (unpaired) electrons. The third-order valence-corrected chi connectivity index (χ3v) is 8.96. The quantitative estimate of drug-likeness (QED) is 0.363. The molecule has 2 aliphatic rings. The van der Waals surface area contributed by atoms with Gasteiger partial charge in [-0.25, -0.2) is 0 Å². The molecule has 1 aromatic carbocycles. The van der Waals surface area contributed by atoms with Gasteiger partial charge in [-0.05, 0) is 87.7 Å². The van der Waals surface area contributed by atoms with Crippen LogP contribution in [0.25, 0.3) is 10.9 Å². The number of fused-ring (bicyclic) bond motifs is 2. The Morgan fingerprint density at radius 2 is 1.97 bits per heavy atom. The van der Waals surface area contributed by atoms with E-state index in [0.29, 0.717) is 11.8 Å². The predicted molar refractivity (Wildman–Crippen MR) is 137 cm³/mol. The molecule has 0 aliphatic heterocycles. The first-order valence-electron chi connectivity index (χ1n) is 12.7. The van der Waals surface area contributed by atoms with Crippen molar-refractivity contribution in [2.75, 3.05) is 0 Å². The fourth-order valence-corrected chi connectivity index (χ4v) is 7.27. The number of aromatic amines is 1. The fourth-order valence-electron chi connectivity index (χ4n) is 7.27. The number of ether oxygens (including phenoxy) is 1. The number of carbonyl (C=O) groups is 1. The Morgan fingerprint density at radius 3 is 2.70 bits per heavy atom. The van der Waals surface area contributed by atoms with Gasteiger partial charge in [0, 0.05) is 29.4 Å². The molecule has 3 heteroatoms. The largest absolute Gasteiger partial charge is 0.462 e. The molecule has 2 aromatic rings. The zero-order chi connectivity index (χ0) is 23.8.